The van der Waals surface area contributed by atoms with E-state index >= 15 is 0 Å². The molecule has 1 heteroatoms. The van der Waals surface area contributed by atoms with Crippen molar-refractivity contribution in [3.63, 3.8) is 0 Å². The lowest BCUT2D eigenvalue weighted by atomic mass is 9.92. The lowest BCUT2D eigenvalue weighted by Gasteiger charge is -2.15. The van der Waals surface area contributed by atoms with Crippen LogP contribution in [-0.4, -0.2) is 5.11 Å². The van der Waals surface area contributed by atoms with Crippen LogP contribution in [0.4, 0.5) is 0 Å². The van der Waals surface area contributed by atoms with Crippen LogP contribution in [0.2, 0.25) is 0 Å². The molecule has 0 radical (unpaired) electrons. The Balaban J connectivity index is 1.96. The van der Waals surface area contributed by atoms with E-state index in [1.807, 2.05) is 0 Å². The van der Waals surface area contributed by atoms with Gasteiger partial charge in [-0.05, 0) is 54.2 Å². The molecule has 0 aliphatic heterocycles. The number of aryl methyl sites for hydroxylation is 3. The first-order valence-corrected chi connectivity index (χ1v) is 8.45. The average Bonchev–Trinajstić information content (AvgIpc) is 2.57. The summed E-state index contributed by atoms with van der Waals surface area (Å²) in [5, 5.41) is 10.9. The summed E-state index contributed by atoms with van der Waals surface area (Å²) in [5.74, 6) is 0.446. The molecule has 0 atom stereocenters. The monoisotopic (exact) mass is 316 g/mol. The van der Waals surface area contributed by atoms with Gasteiger partial charge in [-0.15, -0.1) is 0 Å². The van der Waals surface area contributed by atoms with Gasteiger partial charge in [0.25, 0.3) is 0 Å². The zero-order chi connectivity index (χ0) is 17.1. The van der Waals surface area contributed by atoms with Gasteiger partial charge in [-0.1, -0.05) is 60.7 Å². The van der Waals surface area contributed by atoms with E-state index in [1.54, 1.807) is 0 Å². The molecule has 0 aliphatic rings. The summed E-state index contributed by atoms with van der Waals surface area (Å²) in [6, 6.07) is 20.9. The third-order valence-electron chi connectivity index (χ3n) is 4.87. The highest BCUT2D eigenvalue weighted by Gasteiger charge is 2.13. The fourth-order valence-electron chi connectivity index (χ4n) is 3.16. The second-order valence-corrected chi connectivity index (χ2v) is 6.58. The normalized spacial score (nSPS) is 10.8. The SMILES string of the molecule is Cc1ccccc1Cc1ccc(C)c(Cc2ccccc2C)c1O. The molecule has 0 unspecified atom stereocenters. The second-order valence-electron chi connectivity index (χ2n) is 6.58. The Labute approximate surface area is 144 Å². The fourth-order valence-corrected chi connectivity index (χ4v) is 3.16. The van der Waals surface area contributed by atoms with E-state index in [1.165, 1.54) is 22.3 Å². The Morgan fingerprint density at radius 2 is 1.12 bits per heavy atom. The third kappa shape index (κ3) is 3.35. The minimum Gasteiger partial charge on any atom is -0.507 e. The highest BCUT2D eigenvalue weighted by Crippen LogP contribution is 2.31. The van der Waals surface area contributed by atoms with E-state index in [2.05, 4.69) is 81.4 Å². The summed E-state index contributed by atoms with van der Waals surface area (Å²) in [5.41, 5.74) is 8.24. The number of rotatable bonds is 4. The van der Waals surface area contributed by atoms with Crippen molar-refractivity contribution in [1.82, 2.24) is 0 Å². The van der Waals surface area contributed by atoms with Crippen LogP contribution in [0.15, 0.2) is 60.7 Å². The van der Waals surface area contributed by atoms with Gasteiger partial charge < -0.3 is 5.11 Å². The number of benzene rings is 3. The molecule has 0 saturated carbocycles. The van der Waals surface area contributed by atoms with Crippen LogP contribution in [0.25, 0.3) is 0 Å². The van der Waals surface area contributed by atoms with E-state index in [-0.39, 0.29) is 0 Å². The smallest absolute Gasteiger partial charge is 0.122 e. The summed E-state index contributed by atoms with van der Waals surface area (Å²) in [6.07, 6.45) is 1.53. The number of aromatic hydroxyl groups is 1. The molecule has 3 rings (SSSR count). The quantitative estimate of drug-likeness (QED) is 0.674. The molecule has 0 aromatic heterocycles. The Morgan fingerprint density at radius 3 is 1.71 bits per heavy atom. The van der Waals surface area contributed by atoms with Crippen LogP contribution in [0.1, 0.15) is 38.9 Å². The summed E-state index contributed by atoms with van der Waals surface area (Å²) in [6.45, 7) is 6.32. The van der Waals surface area contributed by atoms with E-state index in [0.29, 0.717) is 5.75 Å². The van der Waals surface area contributed by atoms with E-state index < -0.39 is 0 Å². The zero-order valence-electron chi connectivity index (χ0n) is 14.6. The minimum absolute atomic E-state index is 0.446. The van der Waals surface area contributed by atoms with Gasteiger partial charge in [0.2, 0.25) is 0 Å². The van der Waals surface area contributed by atoms with Crippen molar-refractivity contribution in [3.05, 3.63) is 99.6 Å². The summed E-state index contributed by atoms with van der Waals surface area (Å²) < 4.78 is 0. The lowest BCUT2D eigenvalue weighted by molar-refractivity contribution is 0.463. The van der Waals surface area contributed by atoms with Crippen molar-refractivity contribution in [2.24, 2.45) is 0 Å². The van der Waals surface area contributed by atoms with Crippen LogP contribution >= 0.6 is 0 Å². The second kappa shape index (κ2) is 6.92. The predicted octanol–water partition coefficient (Wildman–Crippen LogP) is 5.50. The van der Waals surface area contributed by atoms with E-state index in [4.69, 9.17) is 0 Å². The first-order valence-electron chi connectivity index (χ1n) is 8.45. The first kappa shape index (κ1) is 16.3. The van der Waals surface area contributed by atoms with Gasteiger partial charge in [-0.2, -0.15) is 0 Å². The number of hydrogen-bond donors (Lipinski definition) is 1. The molecule has 0 saturated heterocycles. The molecule has 3 aromatic carbocycles. The minimum atomic E-state index is 0.446. The maximum Gasteiger partial charge on any atom is 0.122 e. The molecular formula is C23H24O. The van der Waals surface area contributed by atoms with Crippen molar-refractivity contribution in [3.8, 4) is 5.75 Å². The molecular weight excluding hydrogens is 292 g/mol. The molecule has 0 bridgehead atoms. The average molecular weight is 316 g/mol. The Hall–Kier alpha value is -2.54. The van der Waals surface area contributed by atoms with Crippen LogP contribution in [-0.2, 0) is 12.8 Å². The number of phenolic OH excluding ortho intramolecular Hbond substituents is 1. The Kier molecular flexibility index (Phi) is 4.71. The molecule has 0 fully saturated rings. The number of hydrogen-bond acceptors (Lipinski definition) is 1. The molecule has 1 nitrogen and oxygen atoms in total. The summed E-state index contributed by atoms with van der Waals surface area (Å²) in [7, 11) is 0. The van der Waals surface area contributed by atoms with Gasteiger partial charge in [-0.3, -0.25) is 0 Å². The predicted molar refractivity (Wildman–Crippen MR) is 101 cm³/mol. The van der Waals surface area contributed by atoms with Crippen molar-refractivity contribution < 1.29 is 5.11 Å². The highest BCUT2D eigenvalue weighted by atomic mass is 16.3. The third-order valence-corrected chi connectivity index (χ3v) is 4.87. The topological polar surface area (TPSA) is 20.2 Å². The van der Waals surface area contributed by atoms with Gasteiger partial charge >= 0.3 is 0 Å². The van der Waals surface area contributed by atoms with Gasteiger partial charge in [0.05, 0.1) is 0 Å². The molecule has 0 amide bonds. The van der Waals surface area contributed by atoms with Gasteiger partial charge in [-0.25, -0.2) is 0 Å². The largest absolute Gasteiger partial charge is 0.507 e. The van der Waals surface area contributed by atoms with Gasteiger partial charge in [0, 0.05) is 18.4 Å². The lowest BCUT2D eigenvalue weighted by Crippen LogP contribution is -1.99. The van der Waals surface area contributed by atoms with Crippen molar-refractivity contribution >= 4 is 0 Å². The van der Waals surface area contributed by atoms with E-state index in [9.17, 15) is 5.11 Å². The fraction of sp³-hybridized carbons (Fsp3) is 0.217. The molecule has 0 aliphatic carbocycles. The molecule has 1 N–H and O–H groups in total. The van der Waals surface area contributed by atoms with Crippen molar-refractivity contribution in [2.45, 2.75) is 33.6 Å². The number of phenols is 1. The summed E-state index contributed by atoms with van der Waals surface area (Å²) in [4.78, 5) is 0. The Bertz CT molecular complexity index is 862. The molecule has 122 valence electrons. The summed E-state index contributed by atoms with van der Waals surface area (Å²) >= 11 is 0. The molecule has 0 heterocycles. The molecule has 0 spiro atoms. The maximum absolute atomic E-state index is 10.9. The van der Waals surface area contributed by atoms with Gasteiger partial charge in [0.1, 0.15) is 5.75 Å². The van der Waals surface area contributed by atoms with Crippen molar-refractivity contribution in [2.75, 3.05) is 0 Å². The van der Waals surface area contributed by atoms with Crippen LogP contribution in [0.3, 0.4) is 0 Å². The first-order chi connectivity index (χ1) is 11.6. The standard InChI is InChI=1S/C23H24O/c1-16-8-4-6-10-19(16)14-21-13-12-18(3)22(23(21)24)15-20-11-7-5-9-17(20)2/h4-13,24H,14-15H2,1-3H3. The maximum atomic E-state index is 10.9. The molecule has 3 aromatic rings. The zero-order valence-corrected chi connectivity index (χ0v) is 14.6. The molecule has 24 heavy (non-hydrogen) atoms. The van der Waals surface area contributed by atoms with Crippen LogP contribution in [0, 0.1) is 20.8 Å². The van der Waals surface area contributed by atoms with Gasteiger partial charge in [0.15, 0.2) is 0 Å². The van der Waals surface area contributed by atoms with Crippen molar-refractivity contribution in [1.29, 1.82) is 0 Å². The highest BCUT2D eigenvalue weighted by molar-refractivity contribution is 5.50. The Morgan fingerprint density at radius 1 is 0.583 bits per heavy atom. The van der Waals surface area contributed by atoms with Crippen LogP contribution < -0.4 is 0 Å². The van der Waals surface area contributed by atoms with Crippen LogP contribution in [0.5, 0.6) is 5.75 Å². The van der Waals surface area contributed by atoms with E-state index in [0.717, 1.165) is 29.5 Å².